The van der Waals surface area contributed by atoms with E-state index in [0.717, 1.165) is 0 Å². The minimum Gasteiger partial charge on any atom is -0.503 e. The van der Waals surface area contributed by atoms with Crippen LogP contribution in [0.4, 0.5) is 5.95 Å². The van der Waals surface area contributed by atoms with Gasteiger partial charge >= 0.3 is 18.0 Å². The summed E-state index contributed by atoms with van der Waals surface area (Å²) < 4.78 is 21.8. The van der Waals surface area contributed by atoms with Gasteiger partial charge in [-0.2, -0.15) is 9.97 Å². The van der Waals surface area contributed by atoms with Crippen LogP contribution in [0.3, 0.4) is 0 Å². The molecule has 33 heavy (non-hydrogen) atoms. The van der Waals surface area contributed by atoms with Crippen LogP contribution in [0, 0.1) is 0 Å². The number of aromatic nitrogens is 3. The van der Waals surface area contributed by atoms with Crippen molar-refractivity contribution in [2.45, 2.75) is 13.8 Å². The monoisotopic (exact) mass is 450 g/mol. The smallest absolute Gasteiger partial charge is 0.341 e. The van der Waals surface area contributed by atoms with Crippen LogP contribution in [-0.4, -0.2) is 48.2 Å². The lowest BCUT2D eigenvalue weighted by atomic mass is 10.1. The van der Waals surface area contributed by atoms with Gasteiger partial charge in [0.1, 0.15) is 17.1 Å². The molecular weight excluding hydrogens is 424 g/mol. The Morgan fingerprint density at radius 2 is 1.52 bits per heavy atom. The van der Waals surface area contributed by atoms with E-state index in [2.05, 4.69) is 15.0 Å². The van der Waals surface area contributed by atoms with Crippen LogP contribution < -0.4 is 14.4 Å². The highest BCUT2D eigenvalue weighted by molar-refractivity contribution is 6.17. The molecular formula is C24H26N4O5. The number of anilines is 1. The van der Waals surface area contributed by atoms with Gasteiger partial charge < -0.3 is 23.8 Å². The third-order valence-corrected chi connectivity index (χ3v) is 4.60. The summed E-state index contributed by atoms with van der Waals surface area (Å²) in [4.78, 5) is 27.5. The molecule has 0 atom stereocenters. The minimum absolute atomic E-state index is 0.0203. The van der Waals surface area contributed by atoms with Gasteiger partial charge in [-0.15, -0.1) is 4.98 Å². The summed E-state index contributed by atoms with van der Waals surface area (Å²) in [6.45, 7) is 5.37. The molecule has 9 nitrogen and oxygen atoms in total. The number of hydrogen-bond donors (Lipinski definition) is 0. The van der Waals surface area contributed by atoms with Crippen LogP contribution in [-0.2, 0) is 14.3 Å². The van der Waals surface area contributed by atoms with Crippen LogP contribution >= 0.6 is 0 Å². The maximum Gasteiger partial charge on any atom is 0.341 e. The van der Waals surface area contributed by atoms with Crippen molar-refractivity contribution in [1.29, 1.82) is 0 Å². The van der Waals surface area contributed by atoms with Gasteiger partial charge in [0.2, 0.25) is 5.95 Å². The molecule has 1 heterocycles. The Balaban J connectivity index is 2.03. The standard InChI is InChI=1S/C24H26N4O5/c1-5-28(6-2)22-25-23(32-17-12-8-7-9-13-17)27-24(26-22)33-20-15-11-10-14-18(20)19(16-30-3)21(29)31-4/h7-16H,5-6H2,1-4H3/b19-16-. The summed E-state index contributed by atoms with van der Waals surface area (Å²) in [5.74, 6) is 0.764. The molecule has 0 N–H and O–H groups in total. The number of ether oxygens (including phenoxy) is 4. The maximum absolute atomic E-state index is 12.3. The number of carbonyl (C=O) groups excluding carboxylic acids is 1. The van der Waals surface area contributed by atoms with Gasteiger partial charge in [-0.1, -0.05) is 36.4 Å². The quantitative estimate of drug-likeness (QED) is 0.252. The first-order valence-corrected chi connectivity index (χ1v) is 10.4. The number of rotatable bonds is 10. The van der Waals surface area contributed by atoms with Crippen molar-refractivity contribution >= 4 is 17.5 Å². The van der Waals surface area contributed by atoms with E-state index in [1.54, 1.807) is 36.4 Å². The third-order valence-electron chi connectivity index (χ3n) is 4.60. The summed E-state index contributed by atoms with van der Waals surface area (Å²) in [5.41, 5.74) is 0.649. The first-order chi connectivity index (χ1) is 16.1. The molecule has 0 unspecified atom stereocenters. The molecule has 0 amide bonds. The third kappa shape index (κ3) is 5.97. The van der Waals surface area contributed by atoms with Crippen LogP contribution in [0.1, 0.15) is 19.4 Å². The number of para-hydroxylation sites is 2. The molecule has 0 radical (unpaired) electrons. The van der Waals surface area contributed by atoms with Crippen LogP contribution in [0.5, 0.6) is 23.5 Å². The maximum atomic E-state index is 12.3. The van der Waals surface area contributed by atoms with Crippen molar-refractivity contribution in [3.63, 3.8) is 0 Å². The predicted molar refractivity (Wildman–Crippen MR) is 123 cm³/mol. The summed E-state index contributed by atoms with van der Waals surface area (Å²) >= 11 is 0. The van der Waals surface area contributed by atoms with Gasteiger partial charge in [-0.25, -0.2) is 4.79 Å². The Morgan fingerprint density at radius 3 is 2.15 bits per heavy atom. The first kappa shape index (κ1) is 23.5. The Morgan fingerprint density at radius 1 is 0.879 bits per heavy atom. The molecule has 1 aromatic heterocycles. The van der Waals surface area contributed by atoms with Crippen molar-refractivity contribution in [1.82, 2.24) is 15.0 Å². The lowest BCUT2D eigenvalue weighted by Gasteiger charge is -2.19. The fourth-order valence-electron chi connectivity index (χ4n) is 2.99. The second-order valence-corrected chi connectivity index (χ2v) is 6.64. The molecule has 172 valence electrons. The molecule has 0 saturated carbocycles. The molecule has 0 aliphatic rings. The van der Waals surface area contributed by atoms with E-state index in [1.807, 2.05) is 36.9 Å². The Hall–Kier alpha value is -4.14. The summed E-state index contributed by atoms with van der Waals surface area (Å²) in [5, 5.41) is 0. The van der Waals surface area contributed by atoms with Crippen molar-refractivity contribution < 1.29 is 23.7 Å². The van der Waals surface area contributed by atoms with E-state index in [4.69, 9.17) is 18.9 Å². The van der Waals surface area contributed by atoms with E-state index >= 15 is 0 Å². The molecule has 0 spiro atoms. The first-order valence-electron chi connectivity index (χ1n) is 10.4. The molecule has 0 saturated heterocycles. The Kier molecular flexibility index (Phi) is 8.18. The highest BCUT2D eigenvalue weighted by atomic mass is 16.5. The Bertz CT molecular complexity index is 1100. The summed E-state index contributed by atoms with van der Waals surface area (Å²) in [6, 6.07) is 16.3. The molecule has 0 aliphatic carbocycles. The van der Waals surface area contributed by atoms with Crippen molar-refractivity contribution in [2.75, 3.05) is 32.2 Å². The van der Waals surface area contributed by atoms with E-state index in [9.17, 15) is 4.79 Å². The van der Waals surface area contributed by atoms with Crippen molar-refractivity contribution in [2.24, 2.45) is 0 Å². The lowest BCUT2D eigenvalue weighted by Crippen LogP contribution is -2.24. The fraction of sp³-hybridized carbons (Fsp3) is 0.250. The van der Waals surface area contributed by atoms with E-state index in [1.165, 1.54) is 20.5 Å². The number of nitrogens with zero attached hydrogens (tertiary/aromatic N) is 4. The van der Waals surface area contributed by atoms with Crippen LogP contribution in [0.15, 0.2) is 60.9 Å². The number of methoxy groups -OCH3 is 2. The van der Waals surface area contributed by atoms with Gasteiger partial charge in [-0.05, 0) is 32.0 Å². The normalized spacial score (nSPS) is 11.0. The fourth-order valence-corrected chi connectivity index (χ4v) is 2.99. The number of benzene rings is 2. The zero-order valence-corrected chi connectivity index (χ0v) is 19.0. The number of esters is 1. The second-order valence-electron chi connectivity index (χ2n) is 6.64. The Labute approximate surface area is 192 Å². The van der Waals surface area contributed by atoms with Gasteiger partial charge in [0.05, 0.1) is 20.5 Å². The SMILES string of the molecule is CCN(CC)c1nc(Oc2ccccc2)nc(Oc2ccccc2/C(=C/OC)C(=O)OC)n1. The molecule has 9 heteroatoms. The molecule has 3 aromatic rings. The van der Waals surface area contributed by atoms with Crippen LogP contribution in [0.25, 0.3) is 5.57 Å². The van der Waals surface area contributed by atoms with E-state index < -0.39 is 5.97 Å². The lowest BCUT2D eigenvalue weighted by molar-refractivity contribution is -0.133. The predicted octanol–water partition coefficient (Wildman–Crippen LogP) is 4.46. The zero-order chi connectivity index (χ0) is 23.6. The highest BCUT2D eigenvalue weighted by Crippen LogP contribution is 2.31. The van der Waals surface area contributed by atoms with Gasteiger partial charge in [-0.3, -0.25) is 0 Å². The van der Waals surface area contributed by atoms with Crippen molar-refractivity contribution in [3.8, 4) is 23.5 Å². The summed E-state index contributed by atoms with van der Waals surface area (Å²) in [6.07, 6.45) is 1.30. The zero-order valence-electron chi connectivity index (χ0n) is 19.0. The molecule has 0 fully saturated rings. The highest BCUT2D eigenvalue weighted by Gasteiger charge is 2.20. The second kappa shape index (κ2) is 11.5. The van der Waals surface area contributed by atoms with Crippen LogP contribution in [0.2, 0.25) is 0 Å². The average Bonchev–Trinajstić information content (AvgIpc) is 2.84. The average molecular weight is 450 g/mol. The topological polar surface area (TPSA) is 95.9 Å². The van der Waals surface area contributed by atoms with Crippen molar-refractivity contribution in [3.05, 3.63) is 66.4 Å². The molecule has 2 aromatic carbocycles. The molecule has 0 bridgehead atoms. The number of carbonyl (C=O) groups is 1. The molecule has 0 aliphatic heterocycles. The van der Waals surface area contributed by atoms with E-state index in [0.29, 0.717) is 36.1 Å². The largest absolute Gasteiger partial charge is 0.503 e. The van der Waals surface area contributed by atoms with Gasteiger partial charge in [0, 0.05) is 18.7 Å². The summed E-state index contributed by atoms with van der Waals surface area (Å²) in [7, 11) is 2.74. The van der Waals surface area contributed by atoms with Gasteiger partial charge in [0.25, 0.3) is 0 Å². The van der Waals surface area contributed by atoms with Gasteiger partial charge in [0.15, 0.2) is 0 Å². The minimum atomic E-state index is -0.569. The number of hydrogen-bond acceptors (Lipinski definition) is 9. The molecule has 3 rings (SSSR count). The van der Waals surface area contributed by atoms with E-state index in [-0.39, 0.29) is 17.6 Å².